The van der Waals surface area contributed by atoms with Crippen molar-refractivity contribution >= 4 is 23.6 Å². The van der Waals surface area contributed by atoms with Gasteiger partial charge in [-0.3, -0.25) is 15.5 Å². The van der Waals surface area contributed by atoms with Crippen LogP contribution >= 0.6 is 0 Å². The maximum absolute atomic E-state index is 11.9. The van der Waals surface area contributed by atoms with Crippen molar-refractivity contribution in [2.75, 3.05) is 12.0 Å². The number of nitro benzene ring substituents is 1. The second-order valence-corrected chi connectivity index (χ2v) is 4.67. The smallest absolute Gasteiger partial charge is 0.340 e. The SMILES string of the molecule is CCOC(=O)c1cc([N+](=O)[O-])ccc1N/N=C/c1ccc(O)cc1. The Morgan fingerprint density at radius 2 is 2.04 bits per heavy atom. The average Bonchev–Trinajstić information content (AvgIpc) is 2.57. The molecular formula is C16H15N3O5. The first-order valence-corrected chi connectivity index (χ1v) is 7.05. The van der Waals surface area contributed by atoms with E-state index in [1.54, 1.807) is 19.1 Å². The minimum atomic E-state index is -0.677. The monoisotopic (exact) mass is 329 g/mol. The van der Waals surface area contributed by atoms with Gasteiger partial charge in [-0.05, 0) is 42.8 Å². The van der Waals surface area contributed by atoms with Gasteiger partial charge < -0.3 is 9.84 Å². The van der Waals surface area contributed by atoms with Gasteiger partial charge in [-0.15, -0.1) is 0 Å². The summed E-state index contributed by atoms with van der Waals surface area (Å²) in [7, 11) is 0. The number of hydrazone groups is 1. The molecule has 0 amide bonds. The number of nitrogens with zero attached hydrogens (tertiary/aromatic N) is 2. The zero-order valence-corrected chi connectivity index (χ0v) is 12.8. The Balaban J connectivity index is 2.23. The van der Waals surface area contributed by atoms with Gasteiger partial charge in [0.2, 0.25) is 0 Å². The summed E-state index contributed by atoms with van der Waals surface area (Å²) >= 11 is 0. The van der Waals surface area contributed by atoms with Crippen LogP contribution in [0.5, 0.6) is 5.75 Å². The fourth-order valence-corrected chi connectivity index (χ4v) is 1.86. The second-order valence-electron chi connectivity index (χ2n) is 4.67. The standard InChI is InChI=1S/C16H15N3O5/c1-2-24-16(21)14-9-12(19(22)23)5-8-15(14)18-17-10-11-3-6-13(20)7-4-11/h3-10,18,20H,2H2,1H3/b17-10+. The third-order valence-corrected chi connectivity index (χ3v) is 3.00. The molecule has 24 heavy (non-hydrogen) atoms. The fraction of sp³-hybridized carbons (Fsp3) is 0.125. The highest BCUT2D eigenvalue weighted by molar-refractivity contribution is 5.96. The molecule has 0 spiro atoms. The normalized spacial score (nSPS) is 10.5. The molecule has 2 aromatic rings. The van der Waals surface area contributed by atoms with Crippen LogP contribution in [-0.4, -0.2) is 28.8 Å². The Kier molecular flexibility index (Phi) is 5.45. The number of aromatic hydroxyl groups is 1. The lowest BCUT2D eigenvalue weighted by molar-refractivity contribution is -0.384. The highest BCUT2D eigenvalue weighted by Crippen LogP contribution is 2.23. The predicted molar refractivity (Wildman–Crippen MR) is 88.4 cm³/mol. The van der Waals surface area contributed by atoms with Crippen LogP contribution in [-0.2, 0) is 4.74 Å². The van der Waals surface area contributed by atoms with Gasteiger partial charge in [0.1, 0.15) is 5.75 Å². The van der Waals surface area contributed by atoms with Gasteiger partial charge in [-0.25, -0.2) is 4.79 Å². The molecule has 0 aromatic heterocycles. The van der Waals surface area contributed by atoms with Crippen LogP contribution in [0.3, 0.4) is 0 Å². The number of phenols is 1. The van der Waals surface area contributed by atoms with Gasteiger partial charge >= 0.3 is 5.97 Å². The molecule has 8 heteroatoms. The van der Waals surface area contributed by atoms with Crippen molar-refractivity contribution in [3.8, 4) is 5.75 Å². The molecule has 0 saturated carbocycles. The lowest BCUT2D eigenvalue weighted by Gasteiger charge is -2.08. The molecule has 0 aliphatic carbocycles. The number of rotatable bonds is 6. The highest BCUT2D eigenvalue weighted by Gasteiger charge is 2.17. The van der Waals surface area contributed by atoms with Crippen LogP contribution in [0.25, 0.3) is 0 Å². The zero-order chi connectivity index (χ0) is 17.5. The van der Waals surface area contributed by atoms with Gasteiger partial charge in [0.25, 0.3) is 5.69 Å². The molecule has 0 atom stereocenters. The van der Waals surface area contributed by atoms with Crippen LogP contribution in [0, 0.1) is 10.1 Å². The number of benzene rings is 2. The number of hydrogen-bond donors (Lipinski definition) is 2. The molecule has 0 aliphatic heterocycles. The molecule has 0 bridgehead atoms. The summed E-state index contributed by atoms with van der Waals surface area (Å²) in [5.41, 5.74) is 3.48. The maximum atomic E-state index is 11.9. The lowest BCUT2D eigenvalue weighted by Crippen LogP contribution is -2.08. The van der Waals surface area contributed by atoms with Crippen molar-refractivity contribution in [1.29, 1.82) is 0 Å². The first-order valence-electron chi connectivity index (χ1n) is 7.05. The van der Waals surface area contributed by atoms with E-state index in [-0.39, 0.29) is 29.3 Å². The largest absolute Gasteiger partial charge is 0.508 e. The minimum absolute atomic E-state index is 0.0221. The van der Waals surface area contributed by atoms with Crippen LogP contribution in [0.2, 0.25) is 0 Å². The molecule has 0 aliphatic rings. The highest BCUT2D eigenvalue weighted by atomic mass is 16.6. The first-order chi connectivity index (χ1) is 11.5. The zero-order valence-electron chi connectivity index (χ0n) is 12.8. The Labute approximate surface area is 137 Å². The van der Waals surface area contributed by atoms with E-state index in [0.717, 1.165) is 11.6 Å². The number of hydrogen-bond acceptors (Lipinski definition) is 7. The topological polar surface area (TPSA) is 114 Å². The molecule has 0 unspecified atom stereocenters. The van der Waals surface area contributed by atoms with E-state index in [4.69, 9.17) is 4.74 Å². The van der Waals surface area contributed by atoms with E-state index < -0.39 is 10.9 Å². The van der Waals surface area contributed by atoms with Gasteiger partial charge in [-0.2, -0.15) is 5.10 Å². The summed E-state index contributed by atoms with van der Waals surface area (Å²) in [6, 6.07) is 10.1. The second kappa shape index (κ2) is 7.73. The van der Waals surface area contributed by atoms with Crippen molar-refractivity contribution in [3.63, 3.8) is 0 Å². The van der Waals surface area contributed by atoms with E-state index in [9.17, 15) is 20.0 Å². The number of non-ortho nitro benzene ring substituents is 1. The van der Waals surface area contributed by atoms with Gasteiger partial charge in [0.05, 0.1) is 29.0 Å². The molecule has 2 rings (SSSR count). The first kappa shape index (κ1) is 16.9. The van der Waals surface area contributed by atoms with Crippen LogP contribution in [0.1, 0.15) is 22.8 Å². The molecule has 0 heterocycles. The van der Waals surface area contributed by atoms with E-state index >= 15 is 0 Å². The van der Waals surface area contributed by atoms with Crippen molar-refractivity contribution < 1.29 is 19.6 Å². The van der Waals surface area contributed by atoms with E-state index in [2.05, 4.69) is 10.5 Å². The number of anilines is 1. The Morgan fingerprint density at radius 1 is 1.33 bits per heavy atom. The van der Waals surface area contributed by atoms with Gasteiger partial charge in [-0.1, -0.05) is 0 Å². The Bertz CT molecular complexity index is 772. The quantitative estimate of drug-likeness (QED) is 0.364. The molecule has 8 nitrogen and oxygen atoms in total. The molecule has 2 N–H and O–H groups in total. The van der Waals surface area contributed by atoms with Crippen LogP contribution in [0.4, 0.5) is 11.4 Å². The van der Waals surface area contributed by atoms with E-state index in [1.807, 2.05) is 0 Å². The average molecular weight is 329 g/mol. The summed E-state index contributed by atoms with van der Waals surface area (Å²) < 4.78 is 4.90. The third-order valence-electron chi connectivity index (χ3n) is 3.00. The molecule has 124 valence electrons. The van der Waals surface area contributed by atoms with E-state index in [1.165, 1.54) is 30.5 Å². The maximum Gasteiger partial charge on any atom is 0.340 e. The number of carbonyl (C=O) groups excluding carboxylic acids is 1. The van der Waals surface area contributed by atoms with Crippen molar-refractivity contribution in [1.82, 2.24) is 0 Å². The molecule has 0 saturated heterocycles. The summed E-state index contributed by atoms with van der Waals surface area (Å²) in [6.45, 7) is 1.79. The van der Waals surface area contributed by atoms with Gasteiger partial charge in [0, 0.05) is 12.1 Å². The molecular weight excluding hydrogens is 314 g/mol. The number of carbonyl (C=O) groups is 1. The number of ether oxygens (including phenoxy) is 1. The summed E-state index contributed by atoms with van der Waals surface area (Å²) in [4.78, 5) is 22.2. The minimum Gasteiger partial charge on any atom is -0.508 e. The van der Waals surface area contributed by atoms with Crippen LogP contribution < -0.4 is 5.43 Å². The third kappa shape index (κ3) is 4.29. The van der Waals surface area contributed by atoms with Crippen molar-refractivity contribution in [2.45, 2.75) is 6.92 Å². The predicted octanol–water partition coefficient (Wildman–Crippen LogP) is 2.92. The van der Waals surface area contributed by atoms with Crippen LogP contribution in [0.15, 0.2) is 47.6 Å². The summed E-state index contributed by atoms with van der Waals surface area (Å²) in [6.07, 6.45) is 1.48. The summed E-state index contributed by atoms with van der Waals surface area (Å²) in [5, 5.41) is 24.1. The lowest BCUT2D eigenvalue weighted by atomic mass is 10.1. The number of nitrogens with one attached hydrogen (secondary N) is 1. The Morgan fingerprint density at radius 3 is 2.67 bits per heavy atom. The fourth-order valence-electron chi connectivity index (χ4n) is 1.86. The van der Waals surface area contributed by atoms with Crippen molar-refractivity contribution in [3.05, 3.63) is 63.7 Å². The number of phenolic OH excluding ortho intramolecular Hbond substituents is 1. The Hall–Kier alpha value is -3.42. The summed E-state index contributed by atoms with van der Waals surface area (Å²) in [5.74, 6) is -0.538. The van der Waals surface area contributed by atoms with Gasteiger partial charge in [0.15, 0.2) is 0 Å². The number of esters is 1. The van der Waals surface area contributed by atoms with E-state index in [0.29, 0.717) is 0 Å². The van der Waals surface area contributed by atoms with Crippen molar-refractivity contribution in [2.24, 2.45) is 5.10 Å². The molecule has 0 radical (unpaired) electrons. The molecule has 0 fully saturated rings. The molecule has 2 aromatic carbocycles. The number of nitro groups is 1.